The summed E-state index contributed by atoms with van der Waals surface area (Å²) in [6, 6.07) is 17.1. The van der Waals surface area contributed by atoms with Gasteiger partial charge >= 0.3 is 5.97 Å². The molecule has 0 radical (unpaired) electrons. The lowest BCUT2D eigenvalue weighted by atomic mass is 10.1. The standard InChI is InChI=1S/C24H20N2O5S/c1-2-29-22(27)9-10-26-18-12-19-20(31-14-30-19)13-21(18)32-24(26)25-23(28)17-8-7-15-5-3-4-6-16(15)11-17/h3-8,11-13H,2,9-10,14H2,1H3. The molecule has 7 nitrogen and oxygen atoms in total. The van der Waals surface area contributed by atoms with E-state index in [0.29, 0.717) is 35.0 Å². The molecule has 3 aromatic carbocycles. The molecule has 2 heterocycles. The van der Waals surface area contributed by atoms with E-state index in [0.717, 1.165) is 21.0 Å². The number of carbonyl (C=O) groups excluding carboxylic acids is 2. The summed E-state index contributed by atoms with van der Waals surface area (Å²) in [5.41, 5.74) is 1.33. The minimum atomic E-state index is -0.341. The molecular formula is C24H20N2O5S. The number of ether oxygens (including phenoxy) is 3. The molecule has 0 unspecified atom stereocenters. The molecule has 1 amide bonds. The normalized spacial score (nSPS) is 13.1. The highest BCUT2D eigenvalue weighted by Gasteiger charge is 2.19. The summed E-state index contributed by atoms with van der Waals surface area (Å²) in [7, 11) is 0. The van der Waals surface area contributed by atoms with Gasteiger partial charge in [0.25, 0.3) is 5.91 Å². The number of hydrogen-bond acceptors (Lipinski definition) is 6. The molecule has 5 rings (SSSR count). The SMILES string of the molecule is CCOC(=O)CCn1c(=NC(=O)c2ccc3ccccc3c2)sc2cc3c(cc21)OCO3. The van der Waals surface area contributed by atoms with Gasteiger partial charge in [0.2, 0.25) is 6.79 Å². The van der Waals surface area contributed by atoms with Gasteiger partial charge in [-0.2, -0.15) is 4.99 Å². The van der Waals surface area contributed by atoms with Gasteiger partial charge in [-0.15, -0.1) is 0 Å². The van der Waals surface area contributed by atoms with Crippen molar-refractivity contribution in [1.29, 1.82) is 0 Å². The third kappa shape index (κ3) is 3.85. The molecule has 1 aliphatic heterocycles. The topological polar surface area (TPSA) is 79.1 Å². The summed E-state index contributed by atoms with van der Waals surface area (Å²) in [5.74, 6) is 0.649. The Kier molecular flexibility index (Phi) is 5.36. The van der Waals surface area contributed by atoms with Crippen molar-refractivity contribution in [2.75, 3.05) is 13.4 Å². The van der Waals surface area contributed by atoms with Crippen LogP contribution in [0.25, 0.3) is 21.0 Å². The first-order valence-corrected chi connectivity index (χ1v) is 11.1. The van der Waals surface area contributed by atoms with E-state index in [-0.39, 0.29) is 25.1 Å². The lowest BCUT2D eigenvalue weighted by Crippen LogP contribution is -2.19. The minimum absolute atomic E-state index is 0.172. The monoisotopic (exact) mass is 448 g/mol. The summed E-state index contributed by atoms with van der Waals surface area (Å²) in [6.07, 6.45) is 0.172. The third-order valence-corrected chi connectivity index (χ3v) is 6.26. The molecule has 0 aliphatic carbocycles. The van der Waals surface area contributed by atoms with Crippen molar-refractivity contribution in [1.82, 2.24) is 4.57 Å². The van der Waals surface area contributed by atoms with Gasteiger partial charge in [-0.05, 0) is 29.8 Å². The van der Waals surface area contributed by atoms with E-state index in [1.165, 1.54) is 11.3 Å². The molecule has 8 heteroatoms. The van der Waals surface area contributed by atoms with Crippen LogP contribution in [0.3, 0.4) is 0 Å². The number of aryl methyl sites for hydroxylation is 1. The molecule has 0 fully saturated rings. The van der Waals surface area contributed by atoms with Crippen LogP contribution in [0, 0.1) is 0 Å². The van der Waals surface area contributed by atoms with Crippen LogP contribution >= 0.6 is 11.3 Å². The smallest absolute Gasteiger partial charge is 0.307 e. The molecule has 4 aromatic rings. The number of benzene rings is 3. The van der Waals surface area contributed by atoms with Crippen molar-refractivity contribution < 1.29 is 23.8 Å². The molecule has 0 saturated carbocycles. The number of rotatable bonds is 5. The van der Waals surface area contributed by atoms with Crippen LogP contribution in [0.1, 0.15) is 23.7 Å². The number of esters is 1. The van der Waals surface area contributed by atoms with E-state index in [4.69, 9.17) is 14.2 Å². The fourth-order valence-corrected chi connectivity index (χ4v) is 4.74. The van der Waals surface area contributed by atoms with Crippen LogP contribution in [0.5, 0.6) is 11.5 Å². The number of thiazole rings is 1. The number of aromatic nitrogens is 1. The highest BCUT2D eigenvalue weighted by atomic mass is 32.1. The highest BCUT2D eigenvalue weighted by Crippen LogP contribution is 2.37. The van der Waals surface area contributed by atoms with E-state index < -0.39 is 0 Å². The lowest BCUT2D eigenvalue weighted by molar-refractivity contribution is -0.143. The molecule has 0 atom stereocenters. The minimum Gasteiger partial charge on any atom is -0.466 e. The van der Waals surface area contributed by atoms with Gasteiger partial charge in [0.1, 0.15) is 0 Å². The van der Waals surface area contributed by atoms with Crippen molar-refractivity contribution in [3.63, 3.8) is 0 Å². The van der Waals surface area contributed by atoms with E-state index in [2.05, 4.69) is 4.99 Å². The van der Waals surface area contributed by atoms with E-state index >= 15 is 0 Å². The number of hydrogen-bond donors (Lipinski definition) is 0. The van der Waals surface area contributed by atoms with Crippen LogP contribution in [0.4, 0.5) is 0 Å². The van der Waals surface area contributed by atoms with Crippen molar-refractivity contribution in [3.8, 4) is 11.5 Å². The Hall–Kier alpha value is -3.65. The van der Waals surface area contributed by atoms with Crippen LogP contribution in [0.15, 0.2) is 59.6 Å². The third-order valence-electron chi connectivity index (χ3n) is 5.22. The van der Waals surface area contributed by atoms with Gasteiger partial charge in [0.05, 0.1) is 23.2 Å². The summed E-state index contributed by atoms with van der Waals surface area (Å²) < 4.78 is 18.8. The Morgan fingerprint density at radius 1 is 1.06 bits per heavy atom. The van der Waals surface area contributed by atoms with Gasteiger partial charge in [0, 0.05) is 24.2 Å². The lowest BCUT2D eigenvalue weighted by Gasteiger charge is -2.06. The number of nitrogens with zero attached hydrogens (tertiary/aromatic N) is 2. The van der Waals surface area contributed by atoms with Gasteiger partial charge in [-0.3, -0.25) is 9.59 Å². The Balaban J connectivity index is 1.57. The van der Waals surface area contributed by atoms with Crippen LogP contribution in [-0.4, -0.2) is 29.8 Å². The fraction of sp³-hybridized carbons (Fsp3) is 0.208. The van der Waals surface area contributed by atoms with E-state index in [1.54, 1.807) is 13.0 Å². The second kappa shape index (κ2) is 8.47. The van der Waals surface area contributed by atoms with Crippen LogP contribution in [-0.2, 0) is 16.1 Å². The Labute approximate surface area is 187 Å². The Bertz CT molecular complexity index is 1420. The van der Waals surface area contributed by atoms with Crippen LogP contribution in [0.2, 0.25) is 0 Å². The molecule has 0 N–H and O–H groups in total. The highest BCUT2D eigenvalue weighted by molar-refractivity contribution is 7.16. The molecule has 0 saturated heterocycles. The average Bonchev–Trinajstić information content (AvgIpc) is 3.39. The van der Waals surface area contributed by atoms with Gasteiger partial charge in [0.15, 0.2) is 16.3 Å². The van der Waals surface area contributed by atoms with E-state index in [9.17, 15) is 9.59 Å². The second-order valence-corrected chi connectivity index (χ2v) is 8.25. The summed E-state index contributed by atoms with van der Waals surface area (Å²) in [6.45, 7) is 2.61. The summed E-state index contributed by atoms with van der Waals surface area (Å²) >= 11 is 1.37. The van der Waals surface area contributed by atoms with Crippen molar-refractivity contribution >= 4 is 44.2 Å². The molecule has 1 aliphatic rings. The first-order valence-electron chi connectivity index (χ1n) is 10.3. The average molecular weight is 449 g/mol. The first kappa shape index (κ1) is 20.3. The molecule has 162 valence electrons. The maximum atomic E-state index is 13.0. The molecular weight excluding hydrogens is 428 g/mol. The van der Waals surface area contributed by atoms with Gasteiger partial charge in [-0.25, -0.2) is 0 Å². The maximum absolute atomic E-state index is 13.0. The van der Waals surface area contributed by atoms with Crippen molar-refractivity contribution in [2.24, 2.45) is 4.99 Å². The van der Waals surface area contributed by atoms with E-state index in [1.807, 2.05) is 53.1 Å². The molecule has 32 heavy (non-hydrogen) atoms. The number of carbonyl (C=O) groups is 2. The summed E-state index contributed by atoms with van der Waals surface area (Å²) in [5, 5.41) is 2.04. The molecule has 0 spiro atoms. The Morgan fingerprint density at radius 2 is 1.84 bits per heavy atom. The van der Waals surface area contributed by atoms with Crippen LogP contribution < -0.4 is 14.3 Å². The zero-order valence-electron chi connectivity index (χ0n) is 17.4. The van der Waals surface area contributed by atoms with Gasteiger partial charge in [-0.1, -0.05) is 41.7 Å². The quantitative estimate of drug-likeness (QED) is 0.426. The van der Waals surface area contributed by atoms with Gasteiger partial charge < -0.3 is 18.8 Å². The zero-order chi connectivity index (χ0) is 22.1. The van der Waals surface area contributed by atoms with Crippen molar-refractivity contribution in [3.05, 3.63) is 65.0 Å². The summed E-state index contributed by atoms with van der Waals surface area (Å²) in [4.78, 5) is 29.9. The Morgan fingerprint density at radius 3 is 2.66 bits per heavy atom. The second-order valence-electron chi connectivity index (χ2n) is 7.24. The predicted octanol–water partition coefficient (Wildman–Crippen LogP) is 4.28. The predicted molar refractivity (Wildman–Crippen MR) is 121 cm³/mol. The van der Waals surface area contributed by atoms with Crippen molar-refractivity contribution in [2.45, 2.75) is 19.9 Å². The molecule has 0 bridgehead atoms. The maximum Gasteiger partial charge on any atom is 0.307 e. The largest absolute Gasteiger partial charge is 0.466 e. The number of amides is 1. The molecule has 1 aromatic heterocycles. The fourth-order valence-electron chi connectivity index (χ4n) is 3.67. The first-order chi connectivity index (χ1) is 15.6. The number of fused-ring (bicyclic) bond motifs is 3. The zero-order valence-corrected chi connectivity index (χ0v) is 18.2.